The largest absolute Gasteiger partial charge is 0.328 e. The number of rotatable bonds is 3. The lowest BCUT2D eigenvalue weighted by Gasteiger charge is -2.07. The molecule has 1 heterocycles. The van der Waals surface area contributed by atoms with E-state index >= 15 is 0 Å². The van der Waals surface area contributed by atoms with Gasteiger partial charge in [-0.2, -0.15) is 0 Å². The predicted molar refractivity (Wildman–Crippen MR) is 73.5 cm³/mol. The highest BCUT2D eigenvalue weighted by Crippen LogP contribution is 2.21. The number of fused-ring (bicyclic) bond motifs is 1. The number of halogens is 1. The van der Waals surface area contributed by atoms with Gasteiger partial charge in [-0.25, -0.2) is 4.98 Å². The molecular formula is C14H17ClN2. The third-order valence-corrected chi connectivity index (χ3v) is 3.28. The Morgan fingerprint density at radius 1 is 1.35 bits per heavy atom. The van der Waals surface area contributed by atoms with Crippen LogP contribution in [0.2, 0.25) is 5.15 Å². The highest BCUT2D eigenvalue weighted by Gasteiger charge is 2.03. The Morgan fingerprint density at radius 3 is 2.82 bits per heavy atom. The number of nitrogens with two attached hydrogens (primary N) is 1. The van der Waals surface area contributed by atoms with E-state index in [-0.39, 0.29) is 6.04 Å². The van der Waals surface area contributed by atoms with E-state index in [0.29, 0.717) is 5.15 Å². The molecule has 0 saturated heterocycles. The number of hydrogen-bond donors (Lipinski definition) is 1. The molecule has 1 atom stereocenters. The fourth-order valence-electron chi connectivity index (χ4n) is 1.86. The van der Waals surface area contributed by atoms with Crippen LogP contribution in [-0.2, 0) is 6.42 Å². The number of aryl methyl sites for hydroxylation is 2. The van der Waals surface area contributed by atoms with Gasteiger partial charge in [-0.15, -0.1) is 0 Å². The highest BCUT2D eigenvalue weighted by molar-refractivity contribution is 6.30. The van der Waals surface area contributed by atoms with Crippen molar-refractivity contribution < 1.29 is 0 Å². The standard InChI is InChI=1S/C14H17ClN2/c1-9-7-12-8-11(4-3-10(2)16)5-6-13(12)17-14(9)15/h5-8,10H,3-4,16H2,1-2H3. The van der Waals surface area contributed by atoms with Gasteiger partial charge in [0.05, 0.1) is 5.52 Å². The molecule has 0 saturated carbocycles. The van der Waals surface area contributed by atoms with E-state index in [1.165, 1.54) is 5.56 Å². The fraction of sp³-hybridized carbons (Fsp3) is 0.357. The summed E-state index contributed by atoms with van der Waals surface area (Å²) in [5.41, 5.74) is 9.04. The molecule has 1 aromatic carbocycles. The molecule has 0 spiro atoms. The monoisotopic (exact) mass is 248 g/mol. The number of aromatic nitrogens is 1. The molecule has 0 radical (unpaired) electrons. The van der Waals surface area contributed by atoms with Crippen LogP contribution in [0.5, 0.6) is 0 Å². The van der Waals surface area contributed by atoms with Gasteiger partial charge in [-0.1, -0.05) is 17.7 Å². The average molecular weight is 249 g/mol. The second-order valence-electron chi connectivity index (χ2n) is 4.64. The molecular weight excluding hydrogens is 232 g/mol. The quantitative estimate of drug-likeness (QED) is 0.845. The summed E-state index contributed by atoms with van der Waals surface area (Å²) in [6.45, 7) is 4.01. The normalized spacial score (nSPS) is 12.9. The van der Waals surface area contributed by atoms with Crippen molar-refractivity contribution in [3.8, 4) is 0 Å². The van der Waals surface area contributed by atoms with E-state index in [2.05, 4.69) is 23.2 Å². The van der Waals surface area contributed by atoms with E-state index < -0.39 is 0 Å². The number of nitrogens with zero attached hydrogens (tertiary/aromatic N) is 1. The zero-order chi connectivity index (χ0) is 12.4. The van der Waals surface area contributed by atoms with Crippen molar-refractivity contribution in [3.63, 3.8) is 0 Å². The second kappa shape index (κ2) is 5.03. The number of benzene rings is 1. The molecule has 0 amide bonds. The Balaban J connectivity index is 2.33. The van der Waals surface area contributed by atoms with Gasteiger partial charge >= 0.3 is 0 Å². The summed E-state index contributed by atoms with van der Waals surface area (Å²) in [6.07, 6.45) is 2.01. The van der Waals surface area contributed by atoms with Gasteiger partial charge in [0.25, 0.3) is 0 Å². The Labute approximate surface area is 107 Å². The maximum Gasteiger partial charge on any atom is 0.132 e. The first kappa shape index (κ1) is 12.3. The molecule has 2 nitrogen and oxygen atoms in total. The summed E-state index contributed by atoms with van der Waals surface area (Å²) in [5.74, 6) is 0. The summed E-state index contributed by atoms with van der Waals surface area (Å²) in [5, 5.41) is 1.73. The predicted octanol–water partition coefficient (Wildman–Crippen LogP) is 3.48. The molecule has 3 heteroatoms. The van der Waals surface area contributed by atoms with Crippen molar-refractivity contribution in [2.45, 2.75) is 32.7 Å². The van der Waals surface area contributed by atoms with Crippen LogP contribution in [0.4, 0.5) is 0 Å². The minimum Gasteiger partial charge on any atom is -0.328 e. The molecule has 2 aromatic rings. The molecule has 0 aliphatic carbocycles. The lowest BCUT2D eigenvalue weighted by Crippen LogP contribution is -2.15. The molecule has 2 N–H and O–H groups in total. The average Bonchev–Trinajstić information content (AvgIpc) is 2.28. The van der Waals surface area contributed by atoms with Crippen LogP contribution in [0, 0.1) is 6.92 Å². The second-order valence-corrected chi connectivity index (χ2v) is 5.00. The SMILES string of the molecule is Cc1cc2cc(CCC(C)N)ccc2nc1Cl. The zero-order valence-corrected chi connectivity index (χ0v) is 11.0. The van der Waals surface area contributed by atoms with Crippen LogP contribution in [0.25, 0.3) is 10.9 Å². The molecule has 0 bridgehead atoms. The van der Waals surface area contributed by atoms with Gasteiger partial charge in [-0.05, 0) is 56.0 Å². The summed E-state index contributed by atoms with van der Waals surface area (Å²) >= 11 is 6.00. The number of pyridine rings is 1. The van der Waals surface area contributed by atoms with Gasteiger partial charge < -0.3 is 5.73 Å². The van der Waals surface area contributed by atoms with Crippen molar-refractivity contribution in [2.75, 3.05) is 0 Å². The van der Waals surface area contributed by atoms with E-state index in [9.17, 15) is 0 Å². The van der Waals surface area contributed by atoms with Gasteiger partial charge in [0, 0.05) is 11.4 Å². The molecule has 2 rings (SSSR count). The van der Waals surface area contributed by atoms with Crippen LogP contribution < -0.4 is 5.73 Å². The first-order valence-corrected chi connectivity index (χ1v) is 6.25. The lowest BCUT2D eigenvalue weighted by atomic mass is 10.0. The topological polar surface area (TPSA) is 38.9 Å². The maximum atomic E-state index is 6.00. The molecule has 0 aliphatic rings. The van der Waals surface area contributed by atoms with Crippen molar-refractivity contribution in [1.29, 1.82) is 0 Å². The van der Waals surface area contributed by atoms with Crippen LogP contribution >= 0.6 is 11.6 Å². The third kappa shape index (κ3) is 2.96. The molecule has 17 heavy (non-hydrogen) atoms. The van der Waals surface area contributed by atoms with E-state index in [1.807, 2.05) is 19.9 Å². The molecule has 1 aromatic heterocycles. The van der Waals surface area contributed by atoms with Gasteiger partial charge in [0.2, 0.25) is 0 Å². The summed E-state index contributed by atoms with van der Waals surface area (Å²) < 4.78 is 0. The molecule has 1 unspecified atom stereocenters. The molecule has 0 fully saturated rings. The van der Waals surface area contributed by atoms with Gasteiger partial charge in [-0.3, -0.25) is 0 Å². The maximum absolute atomic E-state index is 6.00. The van der Waals surface area contributed by atoms with E-state index in [0.717, 1.165) is 29.3 Å². The first-order valence-electron chi connectivity index (χ1n) is 5.87. The van der Waals surface area contributed by atoms with Crippen LogP contribution in [-0.4, -0.2) is 11.0 Å². The minimum absolute atomic E-state index is 0.246. The third-order valence-electron chi connectivity index (χ3n) is 2.90. The highest BCUT2D eigenvalue weighted by atomic mass is 35.5. The van der Waals surface area contributed by atoms with E-state index in [4.69, 9.17) is 17.3 Å². The van der Waals surface area contributed by atoms with Gasteiger partial charge in [0.15, 0.2) is 0 Å². The summed E-state index contributed by atoms with van der Waals surface area (Å²) in [6, 6.07) is 8.63. The number of hydrogen-bond acceptors (Lipinski definition) is 2. The van der Waals surface area contributed by atoms with Crippen molar-refractivity contribution in [3.05, 3.63) is 40.5 Å². The van der Waals surface area contributed by atoms with Crippen LogP contribution in [0.3, 0.4) is 0 Å². The smallest absolute Gasteiger partial charge is 0.132 e. The minimum atomic E-state index is 0.246. The lowest BCUT2D eigenvalue weighted by molar-refractivity contribution is 0.666. The van der Waals surface area contributed by atoms with E-state index in [1.54, 1.807) is 0 Å². The Morgan fingerprint density at radius 2 is 2.12 bits per heavy atom. The van der Waals surface area contributed by atoms with Crippen molar-refractivity contribution >= 4 is 22.5 Å². The van der Waals surface area contributed by atoms with Crippen molar-refractivity contribution in [2.24, 2.45) is 5.73 Å². The first-order chi connectivity index (χ1) is 8.06. The summed E-state index contributed by atoms with van der Waals surface area (Å²) in [4.78, 5) is 4.35. The summed E-state index contributed by atoms with van der Waals surface area (Å²) in [7, 11) is 0. The Kier molecular flexibility index (Phi) is 3.65. The Bertz CT molecular complexity index is 535. The van der Waals surface area contributed by atoms with Crippen LogP contribution in [0.1, 0.15) is 24.5 Å². The van der Waals surface area contributed by atoms with Gasteiger partial charge in [0.1, 0.15) is 5.15 Å². The molecule has 0 aliphatic heterocycles. The van der Waals surface area contributed by atoms with Crippen LogP contribution in [0.15, 0.2) is 24.3 Å². The Hall–Kier alpha value is -1.12. The fourth-order valence-corrected chi connectivity index (χ4v) is 2.00. The zero-order valence-electron chi connectivity index (χ0n) is 10.2. The molecule has 90 valence electrons. The van der Waals surface area contributed by atoms with Crippen molar-refractivity contribution in [1.82, 2.24) is 4.98 Å².